The first-order chi connectivity index (χ1) is 7.56. The molecule has 0 aliphatic heterocycles. The third-order valence-electron chi connectivity index (χ3n) is 2.26. The Labute approximate surface area is 96.0 Å². The first-order valence-electron chi connectivity index (χ1n) is 5.28. The molecule has 86 valence electrons. The Bertz CT molecular complexity index is 399. The molecule has 0 bridgehead atoms. The van der Waals surface area contributed by atoms with Gasteiger partial charge in [-0.15, -0.1) is 0 Å². The van der Waals surface area contributed by atoms with Crippen molar-refractivity contribution in [1.82, 2.24) is 4.90 Å². The molecule has 0 aliphatic carbocycles. The molecule has 0 fully saturated rings. The van der Waals surface area contributed by atoms with Gasteiger partial charge in [-0.25, -0.2) is 0 Å². The van der Waals surface area contributed by atoms with Crippen LogP contribution < -0.4 is 0 Å². The zero-order valence-electron chi connectivity index (χ0n) is 9.73. The molecule has 1 rings (SSSR count). The average Bonchev–Trinajstić information content (AvgIpc) is 2.25. The van der Waals surface area contributed by atoms with E-state index in [-0.39, 0.29) is 11.7 Å². The Morgan fingerprint density at radius 1 is 1.44 bits per heavy atom. The van der Waals surface area contributed by atoms with Gasteiger partial charge in [-0.05, 0) is 26.0 Å². The van der Waals surface area contributed by atoms with Crippen molar-refractivity contribution in [2.24, 2.45) is 0 Å². The van der Waals surface area contributed by atoms with Crippen LogP contribution in [0.4, 0.5) is 0 Å². The summed E-state index contributed by atoms with van der Waals surface area (Å²) in [6, 6.07) is 6.57. The molecule has 0 radical (unpaired) electrons. The Morgan fingerprint density at radius 3 is 2.56 bits per heavy atom. The quantitative estimate of drug-likeness (QED) is 0.790. The average molecular weight is 219 g/mol. The summed E-state index contributed by atoms with van der Waals surface area (Å²) in [6.45, 7) is 8.68. The van der Waals surface area contributed by atoms with Crippen molar-refractivity contribution in [3.05, 3.63) is 42.0 Å². The van der Waals surface area contributed by atoms with Crippen LogP contribution in [0, 0.1) is 0 Å². The van der Waals surface area contributed by atoms with E-state index in [2.05, 4.69) is 6.58 Å². The Morgan fingerprint density at radius 2 is 2.06 bits per heavy atom. The molecule has 0 aromatic heterocycles. The van der Waals surface area contributed by atoms with Crippen LogP contribution in [0.5, 0.6) is 5.75 Å². The summed E-state index contributed by atoms with van der Waals surface area (Å²) in [5.74, 6) is -0.142. The summed E-state index contributed by atoms with van der Waals surface area (Å²) in [5.41, 5.74) is 1.26. The van der Waals surface area contributed by atoms with E-state index < -0.39 is 0 Å². The number of benzene rings is 1. The maximum Gasteiger partial charge on any atom is 0.257 e. The van der Waals surface area contributed by atoms with E-state index in [9.17, 15) is 9.90 Å². The van der Waals surface area contributed by atoms with Gasteiger partial charge in [-0.1, -0.05) is 24.3 Å². The molecular weight excluding hydrogens is 202 g/mol. The van der Waals surface area contributed by atoms with Crippen LogP contribution in [0.15, 0.2) is 36.4 Å². The summed E-state index contributed by atoms with van der Waals surface area (Å²) < 4.78 is 0. The molecule has 1 amide bonds. The minimum absolute atomic E-state index is 0.0210. The van der Waals surface area contributed by atoms with Gasteiger partial charge in [0, 0.05) is 13.1 Å². The zero-order valence-corrected chi connectivity index (χ0v) is 9.73. The molecule has 1 N–H and O–H groups in total. The van der Waals surface area contributed by atoms with Crippen LogP contribution in [0.2, 0.25) is 0 Å². The summed E-state index contributed by atoms with van der Waals surface area (Å²) >= 11 is 0. The molecule has 3 heteroatoms. The lowest BCUT2D eigenvalue weighted by Crippen LogP contribution is -2.32. The minimum Gasteiger partial charge on any atom is -0.507 e. The highest BCUT2D eigenvalue weighted by atomic mass is 16.3. The smallest absolute Gasteiger partial charge is 0.257 e. The maximum absolute atomic E-state index is 12.1. The van der Waals surface area contributed by atoms with Gasteiger partial charge >= 0.3 is 0 Å². The van der Waals surface area contributed by atoms with Crippen LogP contribution in [0.1, 0.15) is 24.2 Å². The van der Waals surface area contributed by atoms with Crippen LogP contribution in [0.3, 0.4) is 0 Å². The van der Waals surface area contributed by atoms with Crippen LogP contribution in [-0.2, 0) is 0 Å². The van der Waals surface area contributed by atoms with E-state index in [4.69, 9.17) is 0 Å². The highest BCUT2D eigenvalue weighted by molar-refractivity contribution is 5.96. The molecule has 0 saturated heterocycles. The van der Waals surface area contributed by atoms with Crippen molar-refractivity contribution in [3.8, 4) is 5.75 Å². The maximum atomic E-state index is 12.1. The van der Waals surface area contributed by atoms with Crippen molar-refractivity contribution < 1.29 is 9.90 Å². The van der Waals surface area contributed by atoms with Crippen LogP contribution in [0.25, 0.3) is 0 Å². The lowest BCUT2D eigenvalue weighted by atomic mass is 10.1. The number of rotatable bonds is 4. The number of amides is 1. The Kier molecular flexibility index (Phi) is 4.11. The fourth-order valence-corrected chi connectivity index (χ4v) is 1.48. The zero-order chi connectivity index (χ0) is 12.1. The van der Waals surface area contributed by atoms with E-state index >= 15 is 0 Å². The predicted molar refractivity (Wildman–Crippen MR) is 64.5 cm³/mol. The number of nitrogens with zero attached hydrogens (tertiary/aromatic N) is 1. The fourth-order valence-electron chi connectivity index (χ4n) is 1.48. The first kappa shape index (κ1) is 12.3. The predicted octanol–water partition coefficient (Wildman–Crippen LogP) is 2.43. The normalized spacial score (nSPS) is 9.88. The number of hydrogen-bond donors (Lipinski definition) is 1. The van der Waals surface area contributed by atoms with E-state index in [0.717, 1.165) is 5.57 Å². The van der Waals surface area contributed by atoms with E-state index in [0.29, 0.717) is 18.7 Å². The van der Waals surface area contributed by atoms with Gasteiger partial charge in [0.15, 0.2) is 0 Å². The fraction of sp³-hybridized carbons (Fsp3) is 0.308. The standard InChI is InChI=1S/C13H17NO2/c1-4-14(9-10(2)3)13(16)11-7-5-6-8-12(11)15/h5-8,15H,2,4,9H2,1,3H3. The van der Waals surface area contributed by atoms with Crippen LogP contribution >= 0.6 is 0 Å². The molecule has 16 heavy (non-hydrogen) atoms. The van der Waals surface area contributed by atoms with E-state index in [1.54, 1.807) is 23.1 Å². The number of carbonyl (C=O) groups excluding carboxylic acids is 1. The second-order valence-electron chi connectivity index (χ2n) is 3.79. The van der Waals surface area contributed by atoms with Gasteiger partial charge < -0.3 is 10.0 Å². The topological polar surface area (TPSA) is 40.5 Å². The molecule has 1 aromatic rings. The highest BCUT2D eigenvalue weighted by Gasteiger charge is 2.16. The number of likely N-dealkylation sites (N-methyl/N-ethyl adjacent to an activating group) is 1. The molecular formula is C13H17NO2. The van der Waals surface area contributed by atoms with Crippen molar-refractivity contribution in [3.63, 3.8) is 0 Å². The van der Waals surface area contributed by atoms with E-state index in [1.807, 2.05) is 13.8 Å². The molecule has 0 unspecified atom stereocenters. The number of hydrogen-bond acceptors (Lipinski definition) is 2. The van der Waals surface area contributed by atoms with Crippen molar-refractivity contribution in [2.45, 2.75) is 13.8 Å². The number of phenolic OH excluding ortho intramolecular Hbond substituents is 1. The summed E-state index contributed by atoms with van der Waals surface area (Å²) in [5, 5.41) is 9.59. The highest BCUT2D eigenvalue weighted by Crippen LogP contribution is 2.18. The minimum atomic E-state index is -0.163. The third kappa shape index (κ3) is 2.86. The molecule has 0 aliphatic rings. The van der Waals surface area contributed by atoms with Gasteiger partial charge in [0.25, 0.3) is 5.91 Å². The molecule has 0 saturated carbocycles. The van der Waals surface area contributed by atoms with Crippen molar-refractivity contribution >= 4 is 5.91 Å². The lowest BCUT2D eigenvalue weighted by Gasteiger charge is -2.21. The largest absolute Gasteiger partial charge is 0.507 e. The van der Waals surface area contributed by atoms with Crippen molar-refractivity contribution in [2.75, 3.05) is 13.1 Å². The van der Waals surface area contributed by atoms with E-state index in [1.165, 1.54) is 6.07 Å². The van der Waals surface area contributed by atoms with Gasteiger partial charge in [-0.2, -0.15) is 0 Å². The molecule has 0 spiro atoms. The lowest BCUT2D eigenvalue weighted by molar-refractivity contribution is 0.0775. The number of aromatic hydroxyl groups is 1. The molecule has 3 nitrogen and oxygen atoms in total. The number of carbonyl (C=O) groups is 1. The van der Waals surface area contributed by atoms with Gasteiger partial charge in [0.1, 0.15) is 5.75 Å². The van der Waals surface area contributed by atoms with Gasteiger partial charge in [-0.3, -0.25) is 4.79 Å². The monoisotopic (exact) mass is 219 g/mol. The Balaban J connectivity index is 2.91. The SMILES string of the molecule is C=C(C)CN(CC)C(=O)c1ccccc1O. The van der Waals surface area contributed by atoms with Gasteiger partial charge in [0.2, 0.25) is 0 Å². The molecule has 0 atom stereocenters. The summed E-state index contributed by atoms with van der Waals surface area (Å²) in [7, 11) is 0. The van der Waals surface area contributed by atoms with Crippen molar-refractivity contribution in [1.29, 1.82) is 0 Å². The Hall–Kier alpha value is -1.77. The summed E-state index contributed by atoms with van der Waals surface area (Å²) in [6.07, 6.45) is 0. The molecule has 1 aromatic carbocycles. The number of para-hydroxylation sites is 1. The number of phenols is 1. The second-order valence-corrected chi connectivity index (χ2v) is 3.79. The second kappa shape index (κ2) is 5.35. The third-order valence-corrected chi connectivity index (χ3v) is 2.26. The summed E-state index contributed by atoms with van der Waals surface area (Å²) in [4.78, 5) is 13.7. The first-order valence-corrected chi connectivity index (χ1v) is 5.28. The van der Waals surface area contributed by atoms with Crippen LogP contribution in [-0.4, -0.2) is 29.0 Å². The molecule has 0 heterocycles. The van der Waals surface area contributed by atoms with Gasteiger partial charge in [0.05, 0.1) is 5.56 Å².